The van der Waals surface area contributed by atoms with E-state index >= 15 is 0 Å². The second-order valence-corrected chi connectivity index (χ2v) is 8.48. The fourth-order valence-electron chi connectivity index (χ4n) is 4.08. The van der Waals surface area contributed by atoms with Gasteiger partial charge in [0.25, 0.3) is 5.91 Å². The van der Waals surface area contributed by atoms with Crippen molar-refractivity contribution in [3.8, 4) is 28.4 Å². The second-order valence-electron chi connectivity index (χ2n) is 8.48. The lowest BCUT2D eigenvalue weighted by Crippen LogP contribution is -2.23. The summed E-state index contributed by atoms with van der Waals surface area (Å²) >= 11 is 0. The number of carbonyl (C=O) groups is 1. The zero-order valence-corrected chi connectivity index (χ0v) is 20.7. The van der Waals surface area contributed by atoms with Gasteiger partial charge in [-0.1, -0.05) is 42.5 Å². The van der Waals surface area contributed by atoms with Gasteiger partial charge in [-0.3, -0.25) is 4.79 Å². The molecule has 186 valence electrons. The SMILES string of the molecule is COc1ccc(-c2nn(-c3ccccc3)cc2C(=O)NCc2ccc(Cn3ccnc3)cc2)cc1OC. The van der Waals surface area contributed by atoms with Crippen LogP contribution in [0.4, 0.5) is 0 Å². The average molecular weight is 494 g/mol. The number of para-hydroxylation sites is 1. The molecule has 37 heavy (non-hydrogen) atoms. The molecular weight excluding hydrogens is 466 g/mol. The third-order valence-corrected chi connectivity index (χ3v) is 6.04. The van der Waals surface area contributed by atoms with Gasteiger partial charge in [0.2, 0.25) is 0 Å². The van der Waals surface area contributed by atoms with Crippen LogP contribution >= 0.6 is 0 Å². The van der Waals surface area contributed by atoms with E-state index in [1.165, 1.54) is 0 Å². The number of aromatic nitrogens is 4. The highest BCUT2D eigenvalue weighted by molar-refractivity contribution is 6.00. The lowest BCUT2D eigenvalue weighted by atomic mass is 10.1. The van der Waals surface area contributed by atoms with Crippen molar-refractivity contribution in [1.29, 1.82) is 0 Å². The Morgan fingerprint density at radius 1 is 0.919 bits per heavy atom. The molecule has 0 radical (unpaired) electrons. The minimum absolute atomic E-state index is 0.213. The van der Waals surface area contributed by atoms with Gasteiger partial charge in [0.05, 0.1) is 31.8 Å². The molecule has 5 aromatic rings. The highest BCUT2D eigenvalue weighted by Gasteiger charge is 2.20. The van der Waals surface area contributed by atoms with Crippen LogP contribution in [-0.2, 0) is 13.1 Å². The Morgan fingerprint density at radius 3 is 2.38 bits per heavy atom. The predicted octanol–water partition coefficient (Wildman–Crippen LogP) is 4.73. The van der Waals surface area contributed by atoms with E-state index in [0.717, 1.165) is 28.9 Å². The van der Waals surface area contributed by atoms with Gasteiger partial charge in [-0.15, -0.1) is 0 Å². The molecule has 0 unspecified atom stereocenters. The summed E-state index contributed by atoms with van der Waals surface area (Å²) in [6.45, 7) is 1.14. The molecule has 5 rings (SSSR count). The summed E-state index contributed by atoms with van der Waals surface area (Å²) in [6, 6.07) is 23.4. The molecule has 0 aliphatic rings. The Kier molecular flexibility index (Phi) is 6.98. The van der Waals surface area contributed by atoms with Crippen LogP contribution < -0.4 is 14.8 Å². The number of nitrogens with zero attached hydrogens (tertiary/aromatic N) is 4. The minimum atomic E-state index is -0.213. The van der Waals surface area contributed by atoms with Crippen molar-refractivity contribution in [2.45, 2.75) is 13.1 Å². The molecule has 0 saturated carbocycles. The van der Waals surface area contributed by atoms with Crippen LogP contribution in [0, 0.1) is 0 Å². The Balaban J connectivity index is 1.39. The Bertz CT molecular complexity index is 1480. The van der Waals surface area contributed by atoms with E-state index in [0.29, 0.717) is 29.3 Å². The zero-order valence-electron chi connectivity index (χ0n) is 20.7. The Morgan fingerprint density at radius 2 is 1.68 bits per heavy atom. The van der Waals surface area contributed by atoms with Crippen molar-refractivity contribution in [2.75, 3.05) is 14.2 Å². The summed E-state index contributed by atoms with van der Waals surface area (Å²) in [4.78, 5) is 17.5. The number of hydrogen-bond donors (Lipinski definition) is 1. The number of carbonyl (C=O) groups excluding carboxylic acids is 1. The first-order chi connectivity index (χ1) is 18.1. The van der Waals surface area contributed by atoms with Crippen LogP contribution in [0.5, 0.6) is 11.5 Å². The molecule has 0 bridgehead atoms. The quantitative estimate of drug-likeness (QED) is 0.321. The number of nitrogens with one attached hydrogen (secondary N) is 1. The lowest BCUT2D eigenvalue weighted by molar-refractivity contribution is 0.0951. The summed E-state index contributed by atoms with van der Waals surface area (Å²) in [5, 5.41) is 7.80. The lowest BCUT2D eigenvalue weighted by Gasteiger charge is -2.10. The number of ether oxygens (including phenoxy) is 2. The van der Waals surface area contributed by atoms with Gasteiger partial charge in [-0.25, -0.2) is 9.67 Å². The van der Waals surface area contributed by atoms with Crippen molar-refractivity contribution < 1.29 is 14.3 Å². The largest absolute Gasteiger partial charge is 0.493 e. The molecule has 8 nitrogen and oxygen atoms in total. The first kappa shape index (κ1) is 23.9. The molecule has 0 saturated heterocycles. The normalized spacial score (nSPS) is 10.8. The Labute approximate surface area is 215 Å². The molecule has 0 atom stereocenters. The van der Waals surface area contributed by atoms with E-state index in [9.17, 15) is 4.79 Å². The number of benzene rings is 3. The maximum Gasteiger partial charge on any atom is 0.255 e. The average Bonchev–Trinajstić information content (AvgIpc) is 3.63. The maximum absolute atomic E-state index is 13.4. The van der Waals surface area contributed by atoms with Gasteiger partial charge in [0.15, 0.2) is 11.5 Å². The summed E-state index contributed by atoms with van der Waals surface area (Å²) in [5.74, 6) is 0.960. The maximum atomic E-state index is 13.4. The molecule has 0 spiro atoms. The van der Waals surface area contributed by atoms with Gasteiger partial charge in [0, 0.05) is 37.2 Å². The van der Waals surface area contributed by atoms with Gasteiger partial charge in [0.1, 0.15) is 5.69 Å². The molecule has 0 fully saturated rings. The molecule has 2 aromatic heterocycles. The van der Waals surface area contributed by atoms with Gasteiger partial charge in [-0.05, 0) is 41.5 Å². The number of rotatable bonds is 9. The number of amides is 1. The van der Waals surface area contributed by atoms with E-state index in [-0.39, 0.29) is 5.91 Å². The molecule has 2 heterocycles. The van der Waals surface area contributed by atoms with Crippen molar-refractivity contribution in [3.05, 3.63) is 114 Å². The van der Waals surface area contributed by atoms with Crippen LogP contribution in [0.2, 0.25) is 0 Å². The summed E-state index contributed by atoms with van der Waals surface area (Å²) in [5.41, 5.74) is 4.79. The molecule has 1 amide bonds. The topological polar surface area (TPSA) is 83.2 Å². The fourth-order valence-corrected chi connectivity index (χ4v) is 4.08. The van der Waals surface area contributed by atoms with Crippen molar-refractivity contribution in [2.24, 2.45) is 0 Å². The van der Waals surface area contributed by atoms with Crippen LogP contribution in [0.1, 0.15) is 21.5 Å². The van der Waals surface area contributed by atoms with E-state index in [4.69, 9.17) is 14.6 Å². The fraction of sp³-hybridized carbons (Fsp3) is 0.138. The number of imidazole rings is 1. The highest BCUT2D eigenvalue weighted by atomic mass is 16.5. The predicted molar refractivity (Wildman–Crippen MR) is 141 cm³/mol. The molecule has 0 aliphatic heterocycles. The first-order valence-electron chi connectivity index (χ1n) is 11.8. The molecular formula is C29H27N5O3. The van der Waals surface area contributed by atoms with Crippen LogP contribution in [0.25, 0.3) is 16.9 Å². The molecule has 1 N–H and O–H groups in total. The molecule has 3 aromatic carbocycles. The summed E-state index contributed by atoms with van der Waals surface area (Å²) < 4.78 is 14.6. The van der Waals surface area contributed by atoms with E-state index in [2.05, 4.69) is 22.4 Å². The van der Waals surface area contributed by atoms with Gasteiger partial charge < -0.3 is 19.4 Å². The Hall–Kier alpha value is -4.85. The van der Waals surface area contributed by atoms with Crippen molar-refractivity contribution in [3.63, 3.8) is 0 Å². The van der Waals surface area contributed by atoms with Crippen molar-refractivity contribution >= 4 is 5.91 Å². The van der Waals surface area contributed by atoms with Gasteiger partial charge in [-0.2, -0.15) is 5.10 Å². The third-order valence-electron chi connectivity index (χ3n) is 6.04. The summed E-state index contributed by atoms with van der Waals surface area (Å²) in [7, 11) is 3.17. The van der Waals surface area contributed by atoms with E-state index in [1.807, 2.05) is 71.4 Å². The van der Waals surface area contributed by atoms with Crippen LogP contribution in [0.3, 0.4) is 0 Å². The first-order valence-corrected chi connectivity index (χ1v) is 11.8. The van der Waals surface area contributed by atoms with E-state index < -0.39 is 0 Å². The smallest absolute Gasteiger partial charge is 0.255 e. The molecule has 8 heteroatoms. The summed E-state index contributed by atoms with van der Waals surface area (Å²) in [6.07, 6.45) is 7.24. The van der Waals surface area contributed by atoms with Crippen LogP contribution in [0.15, 0.2) is 97.7 Å². The van der Waals surface area contributed by atoms with E-state index in [1.54, 1.807) is 37.6 Å². The number of hydrogen-bond acceptors (Lipinski definition) is 5. The molecule has 0 aliphatic carbocycles. The monoisotopic (exact) mass is 493 g/mol. The number of methoxy groups -OCH3 is 2. The van der Waals surface area contributed by atoms with Gasteiger partial charge >= 0.3 is 0 Å². The van der Waals surface area contributed by atoms with Crippen LogP contribution in [-0.4, -0.2) is 39.5 Å². The minimum Gasteiger partial charge on any atom is -0.493 e. The standard InChI is InChI=1S/C29H27N5O3/c1-36-26-13-12-23(16-27(26)37-2)28-25(19-34(32-28)24-6-4-3-5-7-24)29(35)31-17-21-8-10-22(11-9-21)18-33-15-14-30-20-33/h3-16,19-20H,17-18H2,1-2H3,(H,31,35). The third kappa shape index (κ3) is 5.38. The highest BCUT2D eigenvalue weighted by Crippen LogP contribution is 2.33. The zero-order chi connectivity index (χ0) is 25.6. The second kappa shape index (κ2) is 10.8. The van der Waals surface area contributed by atoms with Crippen molar-refractivity contribution in [1.82, 2.24) is 24.6 Å².